The van der Waals surface area contributed by atoms with E-state index < -0.39 is 0 Å². The number of benzene rings is 1. The summed E-state index contributed by atoms with van der Waals surface area (Å²) in [5.74, 6) is 0.300. The molecule has 0 unspecified atom stereocenters. The van der Waals surface area contributed by atoms with Crippen LogP contribution in [0.15, 0.2) is 23.0 Å². The first-order chi connectivity index (χ1) is 14.8. The number of anilines is 1. The van der Waals surface area contributed by atoms with Crippen LogP contribution in [0.2, 0.25) is 5.02 Å². The van der Waals surface area contributed by atoms with Crippen molar-refractivity contribution in [1.29, 1.82) is 0 Å². The second-order valence-electron chi connectivity index (χ2n) is 7.78. The SMILES string of the molecule is Cc1ccc(NC(=O)Cn2c(CN3CCOCC3)nc3sc(C)c(C)c3c2=O)cc1Cl. The maximum absolute atomic E-state index is 13.4. The van der Waals surface area contributed by atoms with Crippen LogP contribution < -0.4 is 10.9 Å². The number of aromatic nitrogens is 2. The predicted octanol–water partition coefficient (Wildman–Crippen LogP) is 3.51. The van der Waals surface area contributed by atoms with Crippen molar-refractivity contribution in [2.24, 2.45) is 0 Å². The van der Waals surface area contributed by atoms with Crippen molar-refractivity contribution in [2.45, 2.75) is 33.9 Å². The molecule has 3 heterocycles. The maximum atomic E-state index is 13.4. The fourth-order valence-electron chi connectivity index (χ4n) is 3.63. The minimum Gasteiger partial charge on any atom is -0.379 e. The molecule has 1 aliphatic heterocycles. The molecule has 0 aliphatic carbocycles. The highest BCUT2D eigenvalue weighted by molar-refractivity contribution is 7.18. The van der Waals surface area contributed by atoms with Gasteiger partial charge in [-0.15, -0.1) is 11.3 Å². The Labute approximate surface area is 189 Å². The first-order valence-electron chi connectivity index (χ1n) is 10.2. The number of fused-ring (bicyclic) bond motifs is 1. The Morgan fingerprint density at radius 2 is 2.00 bits per heavy atom. The minimum absolute atomic E-state index is 0.110. The van der Waals surface area contributed by atoms with E-state index in [0.29, 0.717) is 41.7 Å². The lowest BCUT2D eigenvalue weighted by molar-refractivity contribution is -0.116. The molecule has 0 bridgehead atoms. The average molecular weight is 461 g/mol. The second-order valence-corrected chi connectivity index (χ2v) is 9.39. The van der Waals surface area contributed by atoms with Gasteiger partial charge in [0.05, 0.1) is 25.1 Å². The van der Waals surface area contributed by atoms with E-state index in [-0.39, 0.29) is 18.0 Å². The highest BCUT2D eigenvalue weighted by Gasteiger charge is 2.21. The zero-order valence-electron chi connectivity index (χ0n) is 17.8. The van der Waals surface area contributed by atoms with Crippen molar-refractivity contribution in [1.82, 2.24) is 14.5 Å². The highest BCUT2D eigenvalue weighted by atomic mass is 35.5. The summed E-state index contributed by atoms with van der Waals surface area (Å²) in [6.07, 6.45) is 0. The molecule has 1 amide bonds. The Bertz CT molecular complexity index is 1200. The summed E-state index contributed by atoms with van der Waals surface area (Å²) in [7, 11) is 0. The molecule has 0 radical (unpaired) electrons. The molecular weight excluding hydrogens is 436 g/mol. The number of hydrogen-bond acceptors (Lipinski definition) is 6. The average Bonchev–Trinajstić information content (AvgIpc) is 3.02. The molecule has 1 aliphatic rings. The lowest BCUT2D eigenvalue weighted by Gasteiger charge is -2.27. The summed E-state index contributed by atoms with van der Waals surface area (Å²) in [5, 5.41) is 4.02. The Morgan fingerprint density at radius 1 is 1.26 bits per heavy atom. The highest BCUT2D eigenvalue weighted by Crippen LogP contribution is 2.26. The molecule has 3 aromatic rings. The maximum Gasteiger partial charge on any atom is 0.263 e. The van der Waals surface area contributed by atoms with E-state index in [1.807, 2.05) is 26.8 Å². The van der Waals surface area contributed by atoms with E-state index in [2.05, 4.69) is 10.2 Å². The molecule has 0 atom stereocenters. The summed E-state index contributed by atoms with van der Waals surface area (Å²) < 4.78 is 6.93. The zero-order valence-corrected chi connectivity index (χ0v) is 19.4. The van der Waals surface area contributed by atoms with Crippen LogP contribution in [-0.4, -0.2) is 46.7 Å². The quantitative estimate of drug-likeness (QED) is 0.630. The summed E-state index contributed by atoms with van der Waals surface area (Å²) in [6, 6.07) is 5.35. The summed E-state index contributed by atoms with van der Waals surface area (Å²) in [5.41, 5.74) is 2.28. The molecule has 1 fully saturated rings. The van der Waals surface area contributed by atoms with Crippen LogP contribution in [0, 0.1) is 20.8 Å². The van der Waals surface area contributed by atoms with Crippen molar-refractivity contribution < 1.29 is 9.53 Å². The minimum atomic E-state index is -0.295. The number of amides is 1. The van der Waals surface area contributed by atoms with E-state index in [1.165, 1.54) is 15.9 Å². The van der Waals surface area contributed by atoms with Gasteiger partial charge in [0, 0.05) is 28.7 Å². The number of hydrogen-bond donors (Lipinski definition) is 1. The lowest BCUT2D eigenvalue weighted by atomic mass is 10.2. The molecule has 0 spiro atoms. The van der Waals surface area contributed by atoms with Gasteiger partial charge in [-0.3, -0.25) is 19.1 Å². The number of nitrogens with zero attached hydrogens (tertiary/aromatic N) is 3. The van der Waals surface area contributed by atoms with Gasteiger partial charge in [-0.2, -0.15) is 0 Å². The first-order valence-corrected chi connectivity index (χ1v) is 11.4. The molecule has 1 aromatic carbocycles. The van der Waals surface area contributed by atoms with Gasteiger partial charge >= 0.3 is 0 Å². The van der Waals surface area contributed by atoms with Gasteiger partial charge in [0.1, 0.15) is 17.2 Å². The molecule has 7 nitrogen and oxygen atoms in total. The molecule has 9 heteroatoms. The third kappa shape index (κ3) is 4.67. The Balaban J connectivity index is 1.67. The van der Waals surface area contributed by atoms with Crippen molar-refractivity contribution in [3.63, 3.8) is 0 Å². The van der Waals surface area contributed by atoms with Crippen LogP contribution in [-0.2, 0) is 22.6 Å². The van der Waals surface area contributed by atoms with Crippen LogP contribution in [0.5, 0.6) is 0 Å². The van der Waals surface area contributed by atoms with E-state index in [0.717, 1.165) is 33.9 Å². The molecule has 1 N–H and O–H groups in total. The molecule has 2 aromatic heterocycles. The largest absolute Gasteiger partial charge is 0.379 e. The third-order valence-electron chi connectivity index (χ3n) is 5.59. The third-order valence-corrected chi connectivity index (χ3v) is 7.10. The molecule has 0 saturated carbocycles. The number of thiophene rings is 1. The second kappa shape index (κ2) is 9.08. The van der Waals surface area contributed by atoms with E-state index in [1.54, 1.807) is 12.1 Å². The Hall–Kier alpha value is -2.26. The molecule has 31 heavy (non-hydrogen) atoms. The topological polar surface area (TPSA) is 76.5 Å². The number of carbonyl (C=O) groups is 1. The number of ether oxygens (including phenoxy) is 1. The van der Waals surface area contributed by atoms with Gasteiger partial charge < -0.3 is 10.1 Å². The van der Waals surface area contributed by atoms with Crippen molar-refractivity contribution in [3.05, 3.63) is 55.4 Å². The number of nitrogens with one attached hydrogen (secondary N) is 1. The van der Waals surface area contributed by atoms with E-state index in [9.17, 15) is 9.59 Å². The van der Waals surface area contributed by atoms with Gasteiger partial charge in [-0.05, 0) is 44.0 Å². The van der Waals surface area contributed by atoms with E-state index in [4.69, 9.17) is 21.3 Å². The van der Waals surface area contributed by atoms with Gasteiger partial charge in [0.2, 0.25) is 5.91 Å². The Morgan fingerprint density at radius 3 is 2.71 bits per heavy atom. The van der Waals surface area contributed by atoms with Crippen LogP contribution in [0.25, 0.3) is 10.2 Å². The molecule has 1 saturated heterocycles. The van der Waals surface area contributed by atoms with Gasteiger partial charge in [0.25, 0.3) is 5.56 Å². The van der Waals surface area contributed by atoms with Gasteiger partial charge in [0.15, 0.2) is 0 Å². The normalized spacial score (nSPS) is 14.8. The predicted molar refractivity (Wildman–Crippen MR) is 124 cm³/mol. The number of carbonyl (C=O) groups excluding carboxylic acids is 1. The Kier molecular flexibility index (Phi) is 6.43. The van der Waals surface area contributed by atoms with E-state index >= 15 is 0 Å². The van der Waals surface area contributed by atoms with Crippen molar-refractivity contribution >= 4 is 44.7 Å². The van der Waals surface area contributed by atoms with Crippen LogP contribution in [0.4, 0.5) is 5.69 Å². The number of morpholine rings is 1. The number of rotatable bonds is 5. The standard InChI is InChI=1S/C22H25ClN4O3S/c1-13-4-5-16(10-17(13)23)24-19(28)12-27-18(11-26-6-8-30-9-7-26)25-21-20(22(27)29)14(2)15(3)31-21/h4-5,10H,6-9,11-12H2,1-3H3,(H,24,28). The first kappa shape index (κ1) is 22.0. The molecule has 164 valence electrons. The smallest absolute Gasteiger partial charge is 0.263 e. The number of aryl methyl sites for hydroxylation is 3. The van der Waals surface area contributed by atoms with Crippen molar-refractivity contribution in [3.8, 4) is 0 Å². The fourth-order valence-corrected chi connectivity index (χ4v) is 4.85. The number of halogens is 1. The summed E-state index contributed by atoms with van der Waals surface area (Å²) in [6.45, 7) is 9.04. The van der Waals surface area contributed by atoms with Crippen LogP contribution in [0.3, 0.4) is 0 Å². The summed E-state index contributed by atoms with van der Waals surface area (Å²) >= 11 is 7.69. The van der Waals surface area contributed by atoms with Crippen molar-refractivity contribution in [2.75, 3.05) is 31.6 Å². The lowest BCUT2D eigenvalue weighted by Crippen LogP contribution is -2.39. The molecule has 4 rings (SSSR count). The van der Waals surface area contributed by atoms with Gasteiger partial charge in [-0.1, -0.05) is 17.7 Å². The monoisotopic (exact) mass is 460 g/mol. The van der Waals surface area contributed by atoms with Crippen LogP contribution >= 0.6 is 22.9 Å². The fraction of sp³-hybridized carbons (Fsp3) is 0.409. The molecular formula is C22H25ClN4O3S. The zero-order chi connectivity index (χ0) is 22.1. The van der Waals surface area contributed by atoms with Gasteiger partial charge in [-0.25, -0.2) is 4.98 Å². The summed E-state index contributed by atoms with van der Waals surface area (Å²) in [4.78, 5) is 35.0. The van der Waals surface area contributed by atoms with Crippen LogP contribution in [0.1, 0.15) is 21.8 Å².